The lowest BCUT2D eigenvalue weighted by molar-refractivity contribution is -0.141. The molecule has 0 aliphatic carbocycles. The SMILES string of the molecule is COC(=O)[C@H](Cc1ccc(OCCCN(C(=O)c2ccc3ccccc3n2)c2ccccc2)cc1)Nc1ccccc1C(=O)c1ccccc1. The van der Waals surface area contributed by atoms with Crippen LogP contribution in [-0.4, -0.2) is 48.9 Å². The number of benzene rings is 5. The highest BCUT2D eigenvalue weighted by Gasteiger charge is 2.23. The molecule has 1 amide bonds. The molecule has 6 rings (SSSR count). The molecule has 250 valence electrons. The van der Waals surface area contributed by atoms with Crippen LogP contribution < -0.4 is 15.0 Å². The third-order valence-corrected chi connectivity index (χ3v) is 8.31. The molecule has 8 nitrogen and oxygen atoms in total. The van der Waals surface area contributed by atoms with Crippen molar-refractivity contribution in [1.29, 1.82) is 0 Å². The van der Waals surface area contributed by atoms with E-state index in [0.29, 0.717) is 54.3 Å². The smallest absolute Gasteiger partial charge is 0.328 e. The van der Waals surface area contributed by atoms with E-state index < -0.39 is 12.0 Å². The van der Waals surface area contributed by atoms with Crippen molar-refractivity contribution in [3.05, 3.63) is 168 Å². The Hall–Kier alpha value is -6.28. The number of pyridine rings is 1. The molecule has 0 unspecified atom stereocenters. The van der Waals surface area contributed by atoms with Gasteiger partial charge in [-0.15, -0.1) is 0 Å². The van der Waals surface area contributed by atoms with Gasteiger partial charge in [-0.25, -0.2) is 9.78 Å². The van der Waals surface area contributed by atoms with E-state index >= 15 is 0 Å². The maximum absolute atomic E-state index is 13.6. The van der Waals surface area contributed by atoms with Crippen LogP contribution >= 0.6 is 0 Å². The standard InChI is InChI=1S/C42H37N3O5/c1-49-42(48)39(44-37-20-11-9-18-35(37)40(46)32-14-4-2-5-15-32)29-30-21-24-34(25-22-30)50-28-12-27-45(33-16-6-3-7-17-33)41(47)38-26-23-31-13-8-10-19-36(31)43-38/h2-11,13-26,39,44H,12,27-29H2,1H3/t39-/m0/s1. The molecule has 0 aliphatic rings. The summed E-state index contributed by atoms with van der Waals surface area (Å²) in [5.74, 6) is -0.0832. The Morgan fingerprint density at radius 2 is 1.42 bits per heavy atom. The van der Waals surface area contributed by atoms with E-state index in [0.717, 1.165) is 22.2 Å². The molecule has 1 N–H and O–H groups in total. The van der Waals surface area contributed by atoms with E-state index in [2.05, 4.69) is 10.3 Å². The fourth-order valence-electron chi connectivity index (χ4n) is 5.72. The number of hydrogen-bond acceptors (Lipinski definition) is 7. The monoisotopic (exact) mass is 663 g/mol. The summed E-state index contributed by atoms with van der Waals surface area (Å²) in [4.78, 5) is 46.1. The molecule has 8 heteroatoms. The summed E-state index contributed by atoms with van der Waals surface area (Å²) >= 11 is 0. The molecule has 0 bridgehead atoms. The zero-order valence-corrected chi connectivity index (χ0v) is 27.7. The summed E-state index contributed by atoms with van der Waals surface area (Å²) < 4.78 is 11.1. The minimum atomic E-state index is -0.727. The van der Waals surface area contributed by atoms with Crippen molar-refractivity contribution < 1.29 is 23.9 Å². The minimum Gasteiger partial charge on any atom is -0.494 e. The number of ketones is 1. The van der Waals surface area contributed by atoms with Gasteiger partial charge in [0.1, 0.15) is 17.5 Å². The van der Waals surface area contributed by atoms with E-state index in [-0.39, 0.29) is 11.7 Å². The van der Waals surface area contributed by atoms with Crippen LogP contribution in [0.2, 0.25) is 0 Å². The molecule has 5 aromatic carbocycles. The molecule has 1 heterocycles. The second kappa shape index (κ2) is 16.2. The van der Waals surface area contributed by atoms with Crippen molar-refractivity contribution >= 4 is 39.9 Å². The Labute approximate surface area is 291 Å². The van der Waals surface area contributed by atoms with Crippen LogP contribution in [0.5, 0.6) is 5.75 Å². The van der Waals surface area contributed by atoms with Gasteiger partial charge in [0.15, 0.2) is 5.78 Å². The van der Waals surface area contributed by atoms with Crippen LogP contribution in [-0.2, 0) is 16.0 Å². The normalized spacial score (nSPS) is 11.4. The summed E-state index contributed by atoms with van der Waals surface area (Å²) in [6.07, 6.45) is 0.920. The van der Waals surface area contributed by atoms with E-state index in [1.165, 1.54) is 7.11 Å². The van der Waals surface area contributed by atoms with Gasteiger partial charge in [-0.1, -0.05) is 97.1 Å². The summed E-state index contributed by atoms with van der Waals surface area (Å²) in [5.41, 5.74) is 4.42. The van der Waals surface area contributed by atoms with Gasteiger partial charge in [0.2, 0.25) is 0 Å². The quantitative estimate of drug-likeness (QED) is 0.0722. The van der Waals surface area contributed by atoms with Gasteiger partial charge in [0.05, 0.1) is 19.2 Å². The van der Waals surface area contributed by atoms with Crippen molar-refractivity contribution in [3.8, 4) is 5.75 Å². The molecule has 1 atom stereocenters. The third-order valence-electron chi connectivity index (χ3n) is 8.31. The molecule has 0 aliphatic heterocycles. The Bertz CT molecular complexity index is 2070. The third kappa shape index (κ3) is 8.22. The average Bonchev–Trinajstić information content (AvgIpc) is 3.18. The fourth-order valence-corrected chi connectivity index (χ4v) is 5.72. The van der Waals surface area contributed by atoms with E-state index in [9.17, 15) is 14.4 Å². The molecular formula is C42H37N3O5. The molecule has 0 spiro atoms. The molecule has 6 aromatic rings. The number of para-hydroxylation sites is 3. The highest BCUT2D eigenvalue weighted by molar-refractivity contribution is 6.12. The first kappa shape index (κ1) is 33.6. The van der Waals surface area contributed by atoms with Crippen molar-refractivity contribution in [1.82, 2.24) is 4.98 Å². The predicted octanol–water partition coefficient (Wildman–Crippen LogP) is 7.78. The van der Waals surface area contributed by atoms with Crippen molar-refractivity contribution in [2.75, 3.05) is 30.5 Å². The predicted molar refractivity (Wildman–Crippen MR) is 196 cm³/mol. The van der Waals surface area contributed by atoms with Gasteiger partial charge >= 0.3 is 5.97 Å². The van der Waals surface area contributed by atoms with Gasteiger partial charge in [-0.3, -0.25) is 9.59 Å². The Morgan fingerprint density at radius 1 is 0.740 bits per heavy atom. The number of nitrogens with zero attached hydrogens (tertiary/aromatic N) is 2. The van der Waals surface area contributed by atoms with Crippen LogP contribution in [0.1, 0.15) is 38.4 Å². The molecule has 0 radical (unpaired) electrons. The number of nitrogens with one attached hydrogen (secondary N) is 1. The van der Waals surface area contributed by atoms with Crippen LogP contribution in [0.25, 0.3) is 10.9 Å². The molecular weight excluding hydrogens is 626 g/mol. The first-order valence-corrected chi connectivity index (χ1v) is 16.5. The van der Waals surface area contributed by atoms with Crippen LogP contribution in [0, 0.1) is 0 Å². The number of ether oxygens (including phenoxy) is 2. The Kier molecular flexibility index (Phi) is 10.9. The molecule has 1 aromatic heterocycles. The highest BCUT2D eigenvalue weighted by atomic mass is 16.5. The number of aromatic nitrogens is 1. The fraction of sp³-hybridized carbons (Fsp3) is 0.143. The minimum absolute atomic E-state index is 0.138. The zero-order chi connectivity index (χ0) is 34.7. The summed E-state index contributed by atoms with van der Waals surface area (Å²) in [6, 6.07) is 43.9. The number of amides is 1. The Balaban J connectivity index is 1.08. The number of esters is 1. The van der Waals surface area contributed by atoms with Gasteiger partial charge < -0.3 is 19.7 Å². The maximum atomic E-state index is 13.6. The van der Waals surface area contributed by atoms with Gasteiger partial charge in [-0.2, -0.15) is 0 Å². The van der Waals surface area contributed by atoms with Gasteiger partial charge in [-0.05, 0) is 60.5 Å². The number of hydrogen-bond donors (Lipinski definition) is 1. The van der Waals surface area contributed by atoms with Gasteiger partial charge in [0.25, 0.3) is 5.91 Å². The lowest BCUT2D eigenvalue weighted by Gasteiger charge is -2.23. The van der Waals surface area contributed by atoms with E-state index in [1.54, 1.807) is 41.3 Å². The second-order valence-electron chi connectivity index (χ2n) is 11.7. The van der Waals surface area contributed by atoms with Crippen molar-refractivity contribution in [3.63, 3.8) is 0 Å². The van der Waals surface area contributed by atoms with Crippen LogP contribution in [0.4, 0.5) is 11.4 Å². The summed E-state index contributed by atoms with van der Waals surface area (Å²) in [6.45, 7) is 0.829. The number of fused-ring (bicyclic) bond motifs is 1. The maximum Gasteiger partial charge on any atom is 0.328 e. The van der Waals surface area contributed by atoms with Crippen molar-refractivity contribution in [2.24, 2.45) is 0 Å². The first-order chi connectivity index (χ1) is 24.5. The number of rotatable bonds is 14. The Morgan fingerprint density at radius 3 is 2.18 bits per heavy atom. The zero-order valence-electron chi connectivity index (χ0n) is 27.7. The first-order valence-electron chi connectivity index (χ1n) is 16.5. The lowest BCUT2D eigenvalue weighted by atomic mass is 10.00. The topological polar surface area (TPSA) is 97.8 Å². The van der Waals surface area contributed by atoms with Gasteiger partial charge in [0, 0.05) is 40.9 Å². The molecule has 50 heavy (non-hydrogen) atoms. The average molecular weight is 664 g/mol. The largest absolute Gasteiger partial charge is 0.494 e. The molecule has 0 saturated heterocycles. The summed E-state index contributed by atoms with van der Waals surface area (Å²) in [7, 11) is 1.35. The summed E-state index contributed by atoms with van der Waals surface area (Å²) in [5, 5.41) is 4.22. The van der Waals surface area contributed by atoms with E-state index in [1.807, 2.05) is 109 Å². The van der Waals surface area contributed by atoms with Crippen molar-refractivity contribution in [2.45, 2.75) is 18.9 Å². The number of methoxy groups -OCH3 is 1. The highest BCUT2D eigenvalue weighted by Crippen LogP contribution is 2.23. The van der Waals surface area contributed by atoms with Crippen LogP contribution in [0.15, 0.2) is 146 Å². The molecule has 0 fully saturated rings. The lowest BCUT2D eigenvalue weighted by Crippen LogP contribution is -2.33. The molecule has 0 saturated carbocycles. The van der Waals surface area contributed by atoms with E-state index in [4.69, 9.17) is 9.47 Å². The van der Waals surface area contributed by atoms with Crippen LogP contribution in [0.3, 0.4) is 0 Å². The second-order valence-corrected chi connectivity index (χ2v) is 11.7. The number of carbonyl (C=O) groups is 3. The number of carbonyl (C=O) groups excluding carboxylic acids is 3. The number of anilines is 2.